The Kier molecular flexibility index (Phi) is 8.60. The first kappa shape index (κ1) is 24.9. The standard InChI is InChI=1S/C22H23Cl2N5O3S/c1-12(2)19(26-21(31)14-9-8-13(23)10-15(14)24)20-27-22(29-28-20)33-11-18(30)25-16-6-4-5-7-17(16)32-3/h4-10,12,19H,11H2,1-3H3,(H,25,30)(H,26,31)(H,27,28,29)/t19-/m0/s1. The average molecular weight is 508 g/mol. The van der Waals surface area contributed by atoms with Gasteiger partial charge in [-0.1, -0.05) is 60.9 Å². The Balaban J connectivity index is 1.63. The van der Waals surface area contributed by atoms with Crippen LogP contribution in [0.5, 0.6) is 5.75 Å². The van der Waals surface area contributed by atoms with E-state index in [4.69, 9.17) is 27.9 Å². The Morgan fingerprint density at radius 1 is 1.18 bits per heavy atom. The van der Waals surface area contributed by atoms with Crippen molar-refractivity contribution in [2.45, 2.75) is 25.0 Å². The third-order valence-corrected chi connectivity index (χ3v) is 6.01. The van der Waals surface area contributed by atoms with Crippen molar-refractivity contribution < 1.29 is 14.3 Å². The van der Waals surface area contributed by atoms with Gasteiger partial charge in [0.15, 0.2) is 0 Å². The topological polar surface area (TPSA) is 109 Å². The van der Waals surface area contributed by atoms with E-state index in [0.29, 0.717) is 33.0 Å². The Bertz CT molecular complexity index is 1140. The van der Waals surface area contributed by atoms with Gasteiger partial charge < -0.3 is 15.4 Å². The number of aromatic nitrogens is 3. The van der Waals surface area contributed by atoms with Crippen LogP contribution in [0.25, 0.3) is 0 Å². The Morgan fingerprint density at radius 3 is 2.64 bits per heavy atom. The first-order valence-corrected chi connectivity index (χ1v) is 11.8. The molecule has 1 atom stereocenters. The lowest BCUT2D eigenvalue weighted by molar-refractivity contribution is -0.113. The molecule has 11 heteroatoms. The van der Waals surface area contributed by atoms with Crippen molar-refractivity contribution in [2.24, 2.45) is 5.92 Å². The number of ether oxygens (including phenoxy) is 1. The molecule has 0 bridgehead atoms. The minimum atomic E-state index is -0.437. The molecular formula is C22H23Cl2N5O3S. The Hall–Kier alpha value is -2.75. The number of thioether (sulfide) groups is 1. The van der Waals surface area contributed by atoms with Crippen LogP contribution in [0.15, 0.2) is 47.6 Å². The van der Waals surface area contributed by atoms with Crippen molar-refractivity contribution in [3.05, 3.63) is 63.9 Å². The molecule has 0 aliphatic heterocycles. The summed E-state index contributed by atoms with van der Waals surface area (Å²) in [5.74, 6) is 0.608. The molecule has 0 saturated heterocycles. The highest BCUT2D eigenvalue weighted by Gasteiger charge is 2.24. The number of carbonyl (C=O) groups is 2. The van der Waals surface area contributed by atoms with Crippen molar-refractivity contribution in [3.63, 3.8) is 0 Å². The molecule has 0 unspecified atom stereocenters. The highest BCUT2D eigenvalue weighted by atomic mass is 35.5. The van der Waals surface area contributed by atoms with Gasteiger partial charge in [0.05, 0.1) is 35.2 Å². The Morgan fingerprint density at radius 2 is 1.94 bits per heavy atom. The van der Waals surface area contributed by atoms with E-state index in [1.165, 1.54) is 17.8 Å². The van der Waals surface area contributed by atoms with E-state index in [2.05, 4.69) is 25.8 Å². The molecule has 2 amide bonds. The van der Waals surface area contributed by atoms with Crippen LogP contribution in [0.4, 0.5) is 5.69 Å². The number of anilines is 1. The van der Waals surface area contributed by atoms with Crippen LogP contribution >= 0.6 is 35.0 Å². The van der Waals surface area contributed by atoms with Gasteiger partial charge in [0, 0.05) is 5.02 Å². The first-order valence-electron chi connectivity index (χ1n) is 10.0. The van der Waals surface area contributed by atoms with Crippen LogP contribution in [0.2, 0.25) is 10.0 Å². The van der Waals surface area contributed by atoms with Gasteiger partial charge in [-0.3, -0.25) is 14.7 Å². The van der Waals surface area contributed by atoms with Crippen molar-refractivity contribution in [2.75, 3.05) is 18.2 Å². The number of H-pyrrole nitrogens is 1. The molecule has 0 fully saturated rings. The van der Waals surface area contributed by atoms with Crippen LogP contribution in [0, 0.1) is 5.92 Å². The summed E-state index contributed by atoms with van der Waals surface area (Å²) >= 11 is 13.2. The number of amides is 2. The first-order chi connectivity index (χ1) is 15.8. The highest BCUT2D eigenvalue weighted by Crippen LogP contribution is 2.26. The van der Waals surface area contributed by atoms with Crippen LogP contribution in [0.1, 0.15) is 36.1 Å². The number of halogens is 2. The number of hydrogen-bond acceptors (Lipinski definition) is 6. The van der Waals surface area contributed by atoms with Gasteiger partial charge in [-0.2, -0.15) is 0 Å². The summed E-state index contributed by atoms with van der Waals surface area (Å²) in [7, 11) is 1.54. The predicted molar refractivity (Wildman–Crippen MR) is 130 cm³/mol. The maximum atomic E-state index is 12.7. The number of methoxy groups -OCH3 is 1. The highest BCUT2D eigenvalue weighted by molar-refractivity contribution is 7.99. The van der Waals surface area contributed by atoms with Gasteiger partial charge >= 0.3 is 0 Å². The lowest BCUT2D eigenvalue weighted by atomic mass is 10.0. The third-order valence-electron chi connectivity index (χ3n) is 4.62. The maximum absolute atomic E-state index is 12.7. The summed E-state index contributed by atoms with van der Waals surface area (Å²) in [6.07, 6.45) is 0. The summed E-state index contributed by atoms with van der Waals surface area (Å²) in [6.45, 7) is 3.90. The lowest BCUT2D eigenvalue weighted by Crippen LogP contribution is -2.32. The second-order valence-corrected chi connectivity index (χ2v) is 9.15. The van der Waals surface area contributed by atoms with E-state index in [1.807, 2.05) is 26.0 Å². The van der Waals surface area contributed by atoms with Gasteiger partial charge in [0.1, 0.15) is 11.6 Å². The largest absolute Gasteiger partial charge is 0.495 e. The van der Waals surface area contributed by atoms with Gasteiger partial charge in [-0.25, -0.2) is 4.98 Å². The number of carbonyl (C=O) groups excluding carboxylic acids is 2. The number of nitrogens with one attached hydrogen (secondary N) is 3. The summed E-state index contributed by atoms with van der Waals surface area (Å²) in [5.41, 5.74) is 0.901. The molecule has 3 N–H and O–H groups in total. The fraction of sp³-hybridized carbons (Fsp3) is 0.273. The zero-order chi connectivity index (χ0) is 24.0. The number of para-hydroxylation sites is 2. The van der Waals surface area contributed by atoms with Crippen molar-refractivity contribution in [3.8, 4) is 5.75 Å². The van der Waals surface area contributed by atoms with E-state index in [9.17, 15) is 9.59 Å². The van der Waals surface area contributed by atoms with Crippen molar-refractivity contribution in [1.82, 2.24) is 20.5 Å². The minimum Gasteiger partial charge on any atom is -0.495 e. The monoisotopic (exact) mass is 507 g/mol. The van der Waals surface area contributed by atoms with E-state index in [0.717, 1.165) is 0 Å². The molecule has 2 aromatic carbocycles. The molecule has 3 rings (SSSR count). The molecule has 8 nitrogen and oxygen atoms in total. The third kappa shape index (κ3) is 6.63. The summed E-state index contributed by atoms with van der Waals surface area (Å²) < 4.78 is 5.24. The molecule has 3 aromatic rings. The lowest BCUT2D eigenvalue weighted by Gasteiger charge is -2.20. The normalized spacial score (nSPS) is 11.8. The fourth-order valence-corrected chi connectivity index (χ4v) is 4.07. The van der Waals surface area contributed by atoms with Gasteiger partial charge in [-0.05, 0) is 36.2 Å². The number of hydrogen-bond donors (Lipinski definition) is 3. The summed E-state index contributed by atoms with van der Waals surface area (Å²) in [5, 5.41) is 13.9. The van der Waals surface area contributed by atoms with E-state index in [-0.39, 0.29) is 28.5 Å². The minimum absolute atomic E-state index is 0.0136. The van der Waals surface area contributed by atoms with Crippen molar-refractivity contribution >= 4 is 52.5 Å². The van der Waals surface area contributed by atoms with Crippen LogP contribution in [-0.4, -0.2) is 39.9 Å². The van der Waals surface area contributed by atoms with E-state index >= 15 is 0 Å². The van der Waals surface area contributed by atoms with E-state index < -0.39 is 6.04 Å². The molecule has 0 aliphatic rings. The molecule has 1 aromatic heterocycles. The number of nitrogens with zero attached hydrogens (tertiary/aromatic N) is 2. The molecule has 33 heavy (non-hydrogen) atoms. The molecule has 0 saturated carbocycles. The number of rotatable bonds is 9. The average Bonchev–Trinajstić information content (AvgIpc) is 3.24. The second-order valence-electron chi connectivity index (χ2n) is 7.36. The zero-order valence-electron chi connectivity index (χ0n) is 18.2. The Labute approximate surface area is 205 Å². The van der Waals surface area contributed by atoms with Gasteiger partial charge in [-0.15, -0.1) is 5.10 Å². The van der Waals surface area contributed by atoms with E-state index in [1.54, 1.807) is 31.4 Å². The van der Waals surface area contributed by atoms with Gasteiger partial charge in [0.2, 0.25) is 11.1 Å². The molecule has 0 spiro atoms. The number of benzene rings is 2. The maximum Gasteiger partial charge on any atom is 0.253 e. The molecule has 1 heterocycles. The smallest absolute Gasteiger partial charge is 0.253 e. The van der Waals surface area contributed by atoms with Crippen molar-refractivity contribution in [1.29, 1.82) is 0 Å². The predicted octanol–water partition coefficient (Wildman–Crippen LogP) is 4.98. The van der Waals surface area contributed by atoms with Crippen LogP contribution < -0.4 is 15.4 Å². The fourth-order valence-electron chi connectivity index (χ4n) is 2.97. The summed E-state index contributed by atoms with van der Waals surface area (Å²) in [4.78, 5) is 29.5. The quantitative estimate of drug-likeness (QED) is 0.352. The molecule has 174 valence electrons. The van der Waals surface area contributed by atoms with Crippen LogP contribution in [0.3, 0.4) is 0 Å². The summed E-state index contributed by atoms with van der Waals surface area (Å²) in [6, 6.07) is 11.4. The van der Waals surface area contributed by atoms with Crippen LogP contribution in [-0.2, 0) is 4.79 Å². The molecule has 0 aliphatic carbocycles. The SMILES string of the molecule is COc1ccccc1NC(=O)CSc1n[nH]c([C@@H](NC(=O)c2ccc(Cl)cc2Cl)C(C)C)n1. The second kappa shape index (κ2) is 11.4. The van der Waals surface area contributed by atoms with Gasteiger partial charge in [0.25, 0.3) is 5.91 Å². The zero-order valence-corrected chi connectivity index (χ0v) is 20.5. The molecular weight excluding hydrogens is 485 g/mol. The number of aromatic amines is 1. The molecule has 0 radical (unpaired) electrons.